The van der Waals surface area contributed by atoms with Crippen LogP contribution in [0.3, 0.4) is 0 Å². The van der Waals surface area contributed by atoms with Crippen LogP contribution in [-0.2, 0) is 7.05 Å². The van der Waals surface area contributed by atoms with Crippen LogP contribution in [-0.4, -0.2) is 14.9 Å². The zero-order chi connectivity index (χ0) is 11.9. The molecule has 3 N–H and O–H groups in total. The third kappa shape index (κ3) is 1.50. The summed E-state index contributed by atoms with van der Waals surface area (Å²) in [5, 5.41) is 13.6. The quantitative estimate of drug-likeness (QED) is 0.772. The van der Waals surface area contributed by atoms with E-state index in [0.29, 0.717) is 22.5 Å². The molecule has 16 heavy (non-hydrogen) atoms. The molecular weight excluding hydrogens is 209 g/mol. The van der Waals surface area contributed by atoms with Gasteiger partial charge in [0, 0.05) is 18.2 Å². The third-order valence-corrected chi connectivity index (χ3v) is 2.48. The molecule has 84 valence electrons. The Hall–Kier alpha value is -2.04. The first-order chi connectivity index (χ1) is 7.50. The topological polar surface area (TPSA) is 64.1 Å². The molecule has 0 atom stereocenters. The fraction of sp³-hybridized carbons (Fsp3) is 0.182. The molecule has 0 spiro atoms. The van der Waals surface area contributed by atoms with E-state index in [1.807, 2.05) is 0 Å². The number of hydrogen-bond acceptors (Lipinski definition) is 3. The number of hydrogen-bond donors (Lipinski definition) is 2. The average molecular weight is 221 g/mol. The molecule has 0 saturated heterocycles. The second kappa shape index (κ2) is 3.52. The van der Waals surface area contributed by atoms with Crippen LogP contribution >= 0.6 is 0 Å². The monoisotopic (exact) mass is 221 g/mol. The Morgan fingerprint density at radius 3 is 2.62 bits per heavy atom. The lowest BCUT2D eigenvalue weighted by Gasteiger charge is -2.06. The number of anilines is 1. The van der Waals surface area contributed by atoms with E-state index in [1.165, 1.54) is 16.9 Å². The number of aromatic nitrogens is 2. The van der Waals surface area contributed by atoms with E-state index in [1.54, 1.807) is 20.0 Å². The molecule has 0 aliphatic carbocycles. The molecule has 0 amide bonds. The van der Waals surface area contributed by atoms with E-state index in [0.717, 1.165) is 0 Å². The summed E-state index contributed by atoms with van der Waals surface area (Å²) in [6.45, 7) is 1.75. The third-order valence-electron chi connectivity index (χ3n) is 2.48. The fourth-order valence-corrected chi connectivity index (χ4v) is 1.59. The Morgan fingerprint density at radius 1 is 1.38 bits per heavy atom. The summed E-state index contributed by atoms with van der Waals surface area (Å²) >= 11 is 0. The Balaban J connectivity index is 2.69. The summed E-state index contributed by atoms with van der Waals surface area (Å²) in [6, 6.07) is 2.94. The van der Waals surface area contributed by atoms with E-state index in [9.17, 15) is 9.50 Å². The number of nitrogens with two attached hydrogens (primary N) is 1. The summed E-state index contributed by atoms with van der Waals surface area (Å²) in [4.78, 5) is 0. The lowest BCUT2D eigenvalue weighted by Crippen LogP contribution is -1.98. The average Bonchev–Trinajstić information content (AvgIpc) is 2.54. The molecule has 0 unspecified atom stereocenters. The largest absolute Gasteiger partial charge is 0.504 e. The molecule has 0 aliphatic heterocycles. The SMILES string of the molecule is Cc1cc(F)c(O)c(-c2cnn(C)c2N)c1. The first kappa shape index (κ1) is 10.5. The lowest BCUT2D eigenvalue weighted by atomic mass is 10.0. The van der Waals surface area contributed by atoms with Gasteiger partial charge in [-0.2, -0.15) is 5.10 Å². The van der Waals surface area contributed by atoms with Gasteiger partial charge in [-0.25, -0.2) is 4.39 Å². The summed E-state index contributed by atoms with van der Waals surface area (Å²) < 4.78 is 14.8. The van der Waals surface area contributed by atoms with E-state index in [2.05, 4.69) is 5.10 Å². The van der Waals surface area contributed by atoms with Crippen molar-refractivity contribution in [3.8, 4) is 16.9 Å². The van der Waals surface area contributed by atoms with Crippen LogP contribution in [0.5, 0.6) is 5.75 Å². The molecule has 0 saturated carbocycles. The Labute approximate surface area is 92.1 Å². The zero-order valence-corrected chi connectivity index (χ0v) is 9.03. The fourth-order valence-electron chi connectivity index (χ4n) is 1.59. The normalized spacial score (nSPS) is 10.7. The van der Waals surface area contributed by atoms with Crippen LogP contribution in [0.4, 0.5) is 10.2 Å². The molecule has 0 aliphatic rings. The minimum Gasteiger partial charge on any atom is -0.504 e. The van der Waals surface area contributed by atoms with Crippen molar-refractivity contribution in [2.24, 2.45) is 7.05 Å². The number of aryl methyl sites for hydroxylation is 2. The molecule has 0 radical (unpaired) electrons. The summed E-state index contributed by atoms with van der Waals surface area (Å²) in [5.74, 6) is -0.663. The number of aromatic hydroxyl groups is 1. The van der Waals surface area contributed by atoms with Gasteiger partial charge in [0.1, 0.15) is 5.82 Å². The molecule has 1 heterocycles. The summed E-state index contributed by atoms with van der Waals surface area (Å²) in [6.07, 6.45) is 1.50. The van der Waals surface area contributed by atoms with Crippen LogP contribution in [0.1, 0.15) is 5.56 Å². The number of phenols is 1. The van der Waals surface area contributed by atoms with Crippen LogP contribution in [0, 0.1) is 12.7 Å². The van der Waals surface area contributed by atoms with Gasteiger partial charge >= 0.3 is 0 Å². The minimum atomic E-state index is -0.654. The number of nitrogens with zero attached hydrogens (tertiary/aromatic N) is 2. The van der Waals surface area contributed by atoms with Crippen molar-refractivity contribution >= 4 is 5.82 Å². The van der Waals surface area contributed by atoms with Crippen LogP contribution < -0.4 is 5.73 Å². The van der Waals surface area contributed by atoms with Gasteiger partial charge in [-0.1, -0.05) is 0 Å². The van der Waals surface area contributed by atoms with Gasteiger partial charge in [0.2, 0.25) is 0 Å². The second-order valence-electron chi connectivity index (χ2n) is 3.71. The van der Waals surface area contributed by atoms with Crippen molar-refractivity contribution in [2.45, 2.75) is 6.92 Å². The highest BCUT2D eigenvalue weighted by atomic mass is 19.1. The lowest BCUT2D eigenvalue weighted by molar-refractivity contribution is 0.434. The van der Waals surface area contributed by atoms with E-state index in [-0.39, 0.29) is 0 Å². The highest BCUT2D eigenvalue weighted by Gasteiger charge is 2.15. The maximum atomic E-state index is 13.3. The van der Waals surface area contributed by atoms with E-state index < -0.39 is 11.6 Å². The number of halogens is 1. The van der Waals surface area contributed by atoms with Crippen LogP contribution in [0.25, 0.3) is 11.1 Å². The van der Waals surface area contributed by atoms with E-state index >= 15 is 0 Å². The van der Waals surface area contributed by atoms with Gasteiger partial charge < -0.3 is 10.8 Å². The van der Waals surface area contributed by atoms with Crippen molar-refractivity contribution in [1.29, 1.82) is 0 Å². The molecule has 4 nitrogen and oxygen atoms in total. The van der Waals surface area contributed by atoms with Crippen molar-refractivity contribution in [1.82, 2.24) is 9.78 Å². The van der Waals surface area contributed by atoms with Gasteiger partial charge in [-0.05, 0) is 24.6 Å². The molecule has 5 heteroatoms. The predicted molar refractivity (Wildman–Crippen MR) is 59.4 cm³/mol. The Bertz CT molecular complexity index is 548. The maximum Gasteiger partial charge on any atom is 0.165 e. The van der Waals surface area contributed by atoms with Gasteiger partial charge in [0.25, 0.3) is 0 Å². The Morgan fingerprint density at radius 2 is 2.06 bits per heavy atom. The molecule has 0 fully saturated rings. The highest BCUT2D eigenvalue weighted by Crippen LogP contribution is 2.35. The Kier molecular flexibility index (Phi) is 2.30. The molecule has 0 bridgehead atoms. The van der Waals surface area contributed by atoms with Crippen LogP contribution in [0.2, 0.25) is 0 Å². The van der Waals surface area contributed by atoms with Crippen molar-refractivity contribution in [3.05, 3.63) is 29.7 Å². The summed E-state index contributed by atoms with van der Waals surface area (Å²) in [5.41, 5.74) is 7.38. The van der Waals surface area contributed by atoms with Crippen molar-refractivity contribution < 1.29 is 9.50 Å². The van der Waals surface area contributed by atoms with Crippen molar-refractivity contribution in [2.75, 3.05) is 5.73 Å². The molecule has 2 rings (SSSR count). The first-order valence-corrected chi connectivity index (χ1v) is 4.77. The van der Waals surface area contributed by atoms with Gasteiger partial charge in [-0.3, -0.25) is 4.68 Å². The van der Waals surface area contributed by atoms with Crippen LogP contribution in [0.15, 0.2) is 18.3 Å². The molecule has 2 aromatic rings. The number of benzene rings is 1. The van der Waals surface area contributed by atoms with Gasteiger partial charge in [0.15, 0.2) is 11.6 Å². The van der Waals surface area contributed by atoms with Gasteiger partial charge in [0.05, 0.1) is 6.20 Å². The summed E-state index contributed by atoms with van der Waals surface area (Å²) in [7, 11) is 1.68. The molecular formula is C11H12FN3O. The number of rotatable bonds is 1. The van der Waals surface area contributed by atoms with Crippen molar-refractivity contribution in [3.63, 3.8) is 0 Å². The standard InChI is InChI=1S/C11H12FN3O/c1-6-3-7(10(16)9(12)4-6)8-5-14-15(2)11(8)13/h3-5,16H,13H2,1-2H3. The molecule has 1 aromatic heterocycles. The first-order valence-electron chi connectivity index (χ1n) is 4.77. The predicted octanol–water partition coefficient (Wildman–Crippen LogP) is 1.82. The number of phenolic OH excluding ortho intramolecular Hbond substituents is 1. The maximum absolute atomic E-state index is 13.3. The molecule has 1 aromatic carbocycles. The van der Waals surface area contributed by atoms with E-state index in [4.69, 9.17) is 5.73 Å². The minimum absolute atomic E-state index is 0.364. The smallest absolute Gasteiger partial charge is 0.165 e. The van der Waals surface area contributed by atoms with Gasteiger partial charge in [-0.15, -0.1) is 0 Å². The highest BCUT2D eigenvalue weighted by molar-refractivity contribution is 5.78. The second-order valence-corrected chi connectivity index (χ2v) is 3.71. The number of nitrogen functional groups attached to an aromatic ring is 1. The zero-order valence-electron chi connectivity index (χ0n) is 9.03.